The first-order chi connectivity index (χ1) is 16.9. The van der Waals surface area contributed by atoms with Crippen LogP contribution < -0.4 is 14.4 Å². The first-order valence-electron chi connectivity index (χ1n) is 11.0. The molecule has 1 saturated heterocycles. The molecule has 3 heterocycles. The van der Waals surface area contributed by atoms with Crippen LogP contribution in [0.15, 0.2) is 30.6 Å². The first-order valence-corrected chi connectivity index (χ1v) is 12.7. The van der Waals surface area contributed by atoms with Crippen molar-refractivity contribution in [3.05, 3.63) is 48.1 Å². The van der Waals surface area contributed by atoms with Gasteiger partial charge < -0.3 is 19.1 Å². The van der Waals surface area contributed by atoms with Crippen LogP contribution in [0.4, 0.5) is 10.3 Å². The number of para-hydroxylation sites is 1. The Morgan fingerprint density at radius 2 is 1.71 bits per heavy atom. The number of hydrogen-bond acceptors (Lipinski definition) is 10. The highest BCUT2D eigenvalue weighted by atomic mass is 32.2. The lowest BCUT2D eigenvalue weighted by atomic mass is 10.1. The molecule has 0 unspecified atom stereocenters. The number of benzene rings is 1. The van der Waals surface area contributed by atoms with Gasteiger partial charge in [0, 0.05) is 20.2 Å². The monoisotopic (exact) mass is 506 g/mol. The first kappa shape index (κ1) is 24.8. The van der Waals surface area contributed by atoms with E-state index in [0.29, 0.717) is 48.3 Å². The van der Waals surface area contributed by atoms with E-state index >= 15 is 0 Å². The van der Waals surface area contributed by atoms with E-state index in [1.807, 2.05) is 0 Å². The van der Waals surface area contributed by atoms with Crippen LogP contribution in [0.5, 0.6) is 11.5 Å². The predicted octanol–water partition coefficient (Wildman–Crippen LogP) is 1.94. The highest BCUT2D eigenvalue weighted by molar-refractivity contribution is 7.91. The molecule has 3 aromatic rings. The van der Waals surface area contributed by atoms with Crippen molar-refractivity contribution in [3.63, 3.8) is 0 Å². The zero-order chi connectivity index (χ0) is 25.0. The number of piperidine rings is 1. The van der Waals surface area contributed by atoms with Gasteiger partial charge in [-0.25, -0.2) is 22.8 Å². The second-order valence-corrected chi connectivity index (χ2v) is 10.3. The summed E-state index contributed by atoms with van der Waals surface area (Å²) in [5.41, 5.74) is 0.490. The molecule has 1 fully saturated rings. The van der Waals surface area contributed by atoms with Crippen molar-refractivity contribution in [2.75, 3.05) is 39.3 Å². The maximum Gasteiger partial charge on any atom is 0.225 e. The quantitative estimate of drug-likeness (QED) is 0.426. The van der Waals surface area contributed by atoms with Gasteiger partial charge in [0.05, 0.1) is 31.9 Å². The van der Waals surface area contributed by atoms with Gasteiger partial charge in [0.1, 0.15) is 29.5 Å². The summed E-state index contributed by atoms with van der Waals surface area (Å²) in [5.74, 6) is 0.965. The summed E-state index contributed by atoms with van der Waals surface area (Å²) < 4.78 is 58.2. The number of methoxy groups -OCH3 is 3. The lowest BCUT2D eigenvalue weighted by Crippen LogP contribution is -2.43. The molecule has 35 heavy (non-hydrogen) atoms. The maximum absolute atomic E-state index is 13.5. The van der Waals surface area contributed by atoms with Gasteiger partial charge in [0.2, 0.25) is 5.95 Å². The van der Waals surface area contributed by atoms with E-state index in [4.69, 9.17) is 14.2 Å². The molecule has 0 amide bonds. The van der Waals surface area contributed by atoms with E-state index in [0.717, 1.165) is 12.4 Å². The highest BCUT2D eigenvalue weighted by Crippen LogP contribution is 2.35. The zero-order valence-corrected chi connectivity index (χ0v) is 20.5. The molecule has 4 rings (SSSR count). The Morgan fingerprint density at radius 1 is 1.06 bits per heavy atom. The molecule has 1 aromatic carbocycles. The summed E-state index contributed by atoms with van der Waals surface area (Å²) in [6.45, 7) is 0.891. The van der Waals surface area contributed by atoms with E-state index in [1.165, 1.54) is 21.3 Å². The third-order valence-electron chi connectivity index (χ3n) is 5.80. The predicted molar refractivity (Wildman–Crippen MR) is 125 cm³/mol. The maximum atomic E-state index is 13.5. The largest absolute Gasteiger partial charge is 0.494 e. The van der Waals surface area contributed by atoms with Crippen molar-refractivity contribution in [1.82, 2.24) is 24.7 Å². The van der Waals surface area contributed by atoms with Gasteiger partial charge in [-0.05, 0) is 25.0 Å². The van der Waals surface area contributed by atoms with Crippen LogP contribution in [0.3, 0.4) is 0 Å². The Bertz CT molecular complexity index is 1250. The summed E-state index contributed by atoms with van der Waals surface area (Å²) in [4.78, 5) is 9.75. The molecule has 1 atom stereocenters. The number of anilines is 1. The Kier molecular flexibility index (Phi) is 7.45. The molecule has 0 spiro atoms. The molecule has 11 nitrogen and oxygen atoms in total. The molecule has 188 valence electrons. The molecule has 0 N–H and O–H groups in total. The van der Waals surface area contributed by atoms with E-state index < -0.39 is 20.9 Å². The smallest absolute Gasteiger partial charge is 0.225 e. The van der Waals surface area contributed by atoms with Crippen LogP contribution in [0.1, 0.15) is 24.5 Å². The molecule has 0 bridgehead atoms. The van der Waals surface area contributed by atoms with E-state index in [2.05, 4.69) is 20.2 Å². The summed E-state index contributed by atoms with van der Waals surface area (Å²) in [5, 5.41) is 7.69. The van der Waals surface area contributed by atoms with Crippen LogP contribution in [0.25, 0.3) is 5.69 Å². The van der Waals surface area contributed by atoms with Gasteiger partial charge in [-0.2, -0.15) is 0 Å². The van der Waals surface area contributed by atoms with Crippen molar-refractivity contribution in [2.45, 2.75) is 30.5 Å². The van der Waals surface area contributed by atoms with Crippen molar-refractivity contribution < 1.29 is 27.0 Å². The Morgan fingerprint density at radius 3 is 2.34 bits per heavy atom. The average molecular weight is 507 g/mol. The van der Waals surface area contributed by atoms with Crippen molar-refractivity contribution >= 4 is 15.8 Å². The molecule has 1 aliphatic rings. The molecule has 2 aromatic heterocycles. The van der Waals surface area contributed by atoms with Crippen LogP contribution in [0.2, 0.25) is 0 Å². The standard InChI is InChI=1S/C22H27FN6O5S/c1-32-13-19-26-27-20(29(19)21-17(33-2)7-4-8-18(21)34-3)14-35(30,31)16-6-5-9-28(12-16)22-24-10-15(23)11-25-22/h4,7-8,10-11,16H,5-6,9,12-14H2,1-3H3/t16-/m1/s1. The summed E-state index contributed by atoms with van der Waals surface area (Å²) in [6.07, 6.45) is 3.26. The lowest BCUT2D eigenvalue weighted by molar-refractivity contribution is 0.176. The number of sulfone groups is 1. The molecule has 13 heteroatoms. The molecule has 0 saturated carbocycles. The van der Waals surface area contributed by atoms with Crippen LogP contribution >= 0.6 is 0 Å². The second kappa shape index (κ2) is 10.5. The third kappa shape index (κ3) is 5.20. The minimum Gasteiger partial charge on any atom is -0.494 e. The fourth-order valence-electron chi connectivity index (χ4n) is 4.16. The second-order valence-electron chi connectivity index (χ2n) is 8.03. The van der Waals surface area contributed by atoms with E-state index in [-0.39, 0.29) is 24.7 Å². The minimum absolute atomic E-state index is 0.105. The number of halogens is 1. The number of rotatable bonds is 9. The Hall–Kier alpha value is -3.32. The Labute approximate surface area is 202 Å². The highest BCUT2D eigenvalue weighted by Gasteiger charge is 2.34. The van der Waals surface area contributed by atoms with Crippen molar-refractivity contribution in [1.29, 1.82) is 0 Å². The third-order valence-corrected chi connectivity index (χ3v) is 7.86. The van der Waals surface area contributed by atoms with Crippen molar-refractivity contribution in [3.8, 4) is 17.2 Å². The Balaban J connectivity index is 1.67. The molecular weight excluding hydrogens is 479 g/mol. The number of ether oxygens (including phenoxy) is 3. The molecule has 1 aliphatic heterocycles. The van der Waals surface area contributed by atoms with Gasteiger partial charge in [0.25, 0.3) is 0 Å². The molecule has 0 radical (unpaired) electrons. The van der Waals surface area contributed by atoms with E-state index in [9.17, 15) is 12.8 Å². The number of aromatic nitrogens is 5. The van der Waals surface area contributed by atoms with Gasteiger partial charge >= 0.3 is 0 Å². The van der Waals surface area contributed by atoms with Crippen LogP contribution in [0, 0.1) is 5.82 Å². The average Bonchev–Trinajstić information content (AvgIpc) is 3.25. The van der Waals surface area contributed by atoms with E-state index in [1.54, 1.807) is 27.7 Å². The summed E-state index contributed by atoms with van der Waals surface area (Å²) in [7, 11) is 0.877. The zero-order valence-electron chi connectivity index (χ0n) is 19.7. The van der Waals surface area contributed by atoms with Gasteiger partial charge in [-0.3, -0.25) is 4.57 Å². The number of nitrogens with zero attached hydrogens (tertiary/aromatic N) is 6. The SMILES string of the molecule is COCc1nnc(CS(=O)(=O)[C@@H]2CCCN(c3ncc(F)cn3)C2)n1-c1c(OC)cccc1OC. The van der Waals surface area contributed by atoms with Gasteiger partial charge in [-0.1, -0.05) is 6.07 Å². The fraction of sp³-hybridized carbons (Fsp3) is 0.455. The fourth-order valence-corrected chi connectivity index (χ4v) is 5.87. The molecule has 0 aliphatic carbocycles. The van der Waals surface area contributed by atoms with Crippen molar-refractivity contribution in [2.24, 2.45) is 0 Å². The molecular formula is C22H27FN6O5S. The summed E-state index contributed by atoms with van der Waals surface area (Å²) >= 11 is 0. The van der Waals surface area contributed by atoms with Crippen LogP contribution in [-0.2, 0) is 26.9 Å². The van der Waals surface area contributed by atoms with Gasteiger partial charge in [0.15, 0.2) is 27.3 Å². The van der Waals surface area contributed by atoms with Crippen LogP contribution in [-0.4, -0.2) is 72.8 Å². The normalized spacial score (nSPS) is 16.3. The minimum atomic E-state index is -3.67. The topological polar surface area (TPSA) is 122 Å². The van der Waals surface area contributed by atoms with Gasteiger partial charge in [-0.15, -0.1) is 10.2 Å². The number of hydrogen-bond donors (Lipinski definition) is 0. The summed E-state index contributed by atoms with van der Waals surface area (Å²) in [6, 6.07) is 5.26. The lowest BCUT2D eigenvalue weighted by Gasteiger charge is -2.32.